The smallest absolute Gasteiger partial charge is 0.303 e. The summed E-state index contributed by atoms with van der Waals surface area (Å²) in [5.41, 5.74) is 3.69. The van der Waals surface area contributed by atoms with Gasteiger partial charge in [-0.3, -0.25) is 9.59 Å². The molecule has 0 fully saturated rings. The number of fused-ring (bicyclic) bond motifs is 1. The van der Waals surface area contributed by atoms with Crippen molar-refractivity contribution in [2.45, 2.75) is 38.7 Å². The van der Waals surface area contributed by atoms with Crippen molar-refractivity contribution in [1.29, 1.82) is 0 Å². The van der Waals surface area contributed by atoms with E-state index in [2.05, 4.69) is 17.4 Å². The van der Waals surface area contributed by atoms with Crippen LogP contribution in [0.4, 0.5) is 5.69 Å². The summed E-state index contributed by atoms with van der Waals surface area (Å²) in [4.78, 5) is 23.8. The van der Waals surface area contributed by atoms with Gasteiger partial charge < -0.3 is 15.2 Å². The number of aliphatic carboxylic acids is 1. The molecule has 4 aromatic rings. The number of rotatable bonds is 10. The van der Waals surface area contributed by atoms with Crippen molar-refractivity contribution >= 4 is 28.3 Å². The fourth-order valence-corrected chi connectivity index (χ4v) is 4.14. The number of hydrogen-bond donors (Lipinski definition) is 2. The average Bonchev–Trinajstić information content (AvgIpc) is 2.88. The summed E-state index contributed by atoms with van der Waals surface area (Å²) in [5, 5.41) is 14.1. The maximum absolute atomic E-state index is 13.2. The number of carboxylic acid groups (broad SMARTS) is 1. The van der Waals surface area contributed by atoms with Crippen molar-refractivity contribution in [3.8, 4) is 5.75 Å². The third kappa shape index (κ3) is 6.27. The topological polar surface area (TPSA) is 75.6 Å². The van der Waals surface area contributed by atoms with Crippen LogP contribution >= 0.6 is 0 Å². The van der Waals surface area contributed by atoms with Crippen LogP contribution in [0.25, 0.3) is 10.8 Å². The quantitative estimate of drug-likeness (QED) is 0.277. The maximum atomic E-state index is 13.2. The van der Waals surface area contributed by atoms with Crippen LogP contribution in [0.2, 0.25) is 0 Å². The molecule has 4 rings (SSSR count). The van der Waals surface area contributed by atoms with Gasteiger partial charge in [-0.2, -0.15) is 0 Å². The zero-order chi connectivity index (χ0) is 24.6. The molecule has 178 valence electrons. The first-order chi connectivity index (χ1) is 17.0. The van der Waals surface area contributed by atoms with Gasteiger partial charge in [-0.25, -0.2) is 0 Å². The van der Waals surface area contributed by atoms with Crippen LogP contribution in [0, 0.1) is 0 Å². The zero-order valence-electron chi connectivity index (χ0n) is 19.7. The lowest BCUT2D eigenvalue weighted by Crippen LogP contribution is -2.20. The van der Waals surface area contributed by atoms with E-state index in [1.54, 1.807) is 0 Å². The van der Waals surface area contributed by atoms with Crippen molar-refractivity contribution in [3.05, 3.63) is 108 Å². The minimum Gasteiger partial charge on any atom is -0.489 e. The number of carboxylic acids is 1. The summed E-state index contributed by atoms with van der Waals surface area (Å²) in [6, 6.07) is 29.5. The molecule has 2 N–H and O–H groups in total. The van der Waals surface area contributed by atoms with Crippen LogP contribution in [0.3, 0.4) is 0 Å². The van der Waals surface area contributed by atoms with E-state index >= 15 is 0 Å². The van der Waals surface area contributed by atoms with E-state index in [1.165, 1.54) is 0 Å². The summed E-state index contributed by atoms with van der Waals surface area (Å²) >= 11 is 0. The molecule has 1 amide bonds. The molecule has 0 saturated heterocycles. The maximum Gasteiger partial charge on any atom is 0.303 e. The third-order valence-corrected chi connectivity index (χ3v) is 6.13. The first-order valence-electron chi connectivity index (χ1n) is 11.8. The average molecular weight is 468 g/mol. The predicted octanol–water partition coefficient (Wildman–Crippen LogP) is 6.57. The molecule has 1 unspecified atom stereocenters. The SMILES string of the molecule is CC(C(=O)Nc1ccccc1COc1ccc(CCCC(=O)O)cc1)c1cccc2ccccc12. The van der Waals surface area contributed by atoms with E-state index in [4.69, 9.17) is 9.84 Å². The third-order valence-electron chi connectivity index (χ3n) is 6.13. The van der Waals surface area contributed by atoms with E-state index in [-0.39, 0.29) is 18.2 Å². The Balaban J connectivity index is 1.40. The van der Waals surface area contributed by atoms with Crippen molar-refractivity contribution < 1.29 is 19.4 Å². The van der Waals surface area contributed by atoms with Gasteiger partial charge in [0.15, 0.2) is 0 Å². The second kappa shape index (κ2) is 11.3. The Morgan fingerprint density at radius 2 is 1.60 bits per heavy atom. The lowest BCUT2D eigenvalue weighted by Gasteiger charge is -2.17. The molecule has 0 bridgehead atoms. The number of anilines is 1. The van der Waals surface area contributed by atoms with Gasteiger partial charge >= 0.3 is 5.97 Å². The van der Waals surface area contributed by atoms with E-state index in [1.807, 2.05) is 85.8 Å². The lowest BCUT2D eigenvalue weighted by molar-refractivity contribution is -0.137. The normalized spacial score (nSPS) is 11.7. The van der Waals surface area contributed by atoms with Crippen LogP contribution in [-0.4, -0.2) is 17.0 Å². The Labute approximate surface area is 205 Å². The van der Waals surface area contributed by atoms with Gasteiger partial charge in [0.05, 0.1) is 5.92 Å². The summed E-state index contributed by atoms with van der Waals surface area (Å²) < 4.78 is 5.97. The summed E-state index contributed by atoms with van der Waals surface area (Å²) in [5.74, 6) is -0.442. The molecule has 0 aliphatic rings. The Morgan fingerprint density at radius 1 is 0.886 bits per heavy atom. The minimum atomic E-state index is -0.776. The first-order valence-corrected chi connectivity index (χ1v) is 11.8. The molecular weight excluding hydrogens is 438 g/mol. The van der Waals surface area contributed by atoms with Gasteiger partial charge in [-0.15, -0.1) is 0 Å². The molecular formula is C30H29NO4. The Kier molecular flexibility index (Phi) is 7.78. The van der Waals surface area contributed by atoms with Gasteiger partial charge in [-0.1, -0.05) is 72.8 Å². The first kappa shape index (κ1) is 24.0. The molecule has 4 aromatic carbocycles. The minimum absolute atomic E-state index is 0.0699. The van der Waals surface area contributed by atoms with Crippen LogP contribution < -0.4 is 10.1 Å². The molecule has 0 spiro atoms. The highest BCUT2D eigenvalue weighted by Crippen LogP contribution is 2.27. The number of carbonyl (C=O) groups is 2. The highest BCUT2D eigenvalue weighted by atomic mass is 16.5. The van der Waals surface area contributed by atoms with E-state index in [0.717, 1.165) is 45.3 Å². The number of benzene rings is 4. The molecule has 35 heavy (non-hydrogen) atoms. The second-order valence-electron chi connectivity index (χ2n) is 8.62. The molecule has 0 heterocycles. The number of amides is 1. The molecule has 5 heteroatoms. The van der Waals surface area contributed by atoms with Crippen molar-refractivity contribution in [1.82, 2.24) is 0 Å². The number of carbonyl (C=O) groups excluding carboxylic acids is 1. The van der Waals surface area contributed by atoms with Gasteiger partial charge in [0.2, 0.25) is 5.91 Å². The van der Waals surface area contributed by atoms with Gasteiger partial charge in [0.1, 0.15) is 12.4 Å². The highest BCUT2D eigenvalue weighted by Gasteiger charge is 2.18. The van der Waals surface area contributed by atoms with Crippen molar-refractivity contribution in [2.24, 2.45) is 0 Å². The lowest BCUT2D eigenvalue weighted by atomic mass is 9.94. The monoisotopic (exact) mass is 467 g/mol. The fraction of sp³-hybridized carbons (Fsp3) is 0.200. The van der Waals surface area contributed by atoms with E-state index < -0.39 is 5.97 Å². The summed E-state index contributed by atoms with van der Waals surface area (Å²) in [6.45, 7) is 2.24. The summed E-state index contributed by atoms with van der Waals surface area (Å²) in [7, 11) is 0. The van der Waals surface area contributed by atoms with Crippen molar-refractivity contribution in [3.63, 3.8) is 0 Å². The van der Waals surface area contributed by atoms with Crippen molar-refractivity contribution in [2.75, 3.05) is 5.32 Å². The van der Waals surface area contributed by atoms with Gasteiger partial charge in [-0.05, 0) is 59.9 Å². The van der Waals surface area contributed by atoms with E-state index in [0.29, 0.717) is 13.0 Å². The van der Waals surface area contributed by atoms with Crippen LogP contribution in [-0.2, 0) is 22.6 Å². The largest absolute Gasteiger partial charge is 0.489 e. The molecule has 0 aromatic heterocycles. The van der Waals surface area contributed by atoms with Crippen LogP contribution in [0.1, 0.15) is 42.4 Å². The molecule has 0 aliphatic heterocycles. The fourth-order valence-electron chi connectivity index (χ4n) is 4.14. The second-order valence-corrected chi connectivity index (χ2v) is 8.62. The number of aryl methyl sites for hydroxylation is 1. The van der Waals surface area contributed by atoms with Gasteiger partial charge in [0, 0.05) is 17.7 Å². The number of hydrogen-bond acceptors (Lipinski definition) is 3. The zero-order valence-corrected chi connectivity index (χ0v) is 19.7. The van der Waals surface area contributed by atoms with Crippen LogP contribution in [0.5, 0.6) is 5.75 Å². The Bertz CT molecular complexity index is 1310. The van der Waals surface area contributed by atoms with Gasteiger partial charge in [0.25, 0.3) is 0 Å². The predicted molar refractivity (Wildman–Crippen MR) is 139 cm³/mol. The molecule has 0 aliphatic carbocycles. The standard InChI is InChI=1S/C30H29NO4/c1-21(26-13-7-11-23-9-2-4-12-27(23)26)30(34)31-28-14-5-3-10-24(28)20-35-25-18-16-22(17-19-25)8-6-15-29(32)33/h2-5,7,9-14,16-19,21H,6,8,15,20H2,1H3,(H,31,34)(H,32,33). The Morgan fingerprint density at radius 3 is 2.40 bits per heavy atom. The number of nitrogens with one attached hydrogen (secondary N) is 1. The molecule has 5 nitrogen and oxygen atoms in total. The summed E-state index contributed by atoms with van der Waals surface area (Å²) in [6.07, 6.45) is 1.50. The number of ether oxygens (including phenoxy) is 1. The number of para-hydroxylation sites is 1. The Hall–Kier alpha value is -4.12. The molecule has 0 radical (unpaired) electrons. The van der Waals surface area contributed by atoms with E-state index in [9.17, 15) is 9.59 Å². The van der Waals surface area contributed by atoms with Crippen LogP contribution in [0.15, 0.2) is 91.0 Å². The molecule has 1 atom stereocenters. The highest BCUT2D eigenvalue weighted by molar-refractivity contribution is 5.99. The molecule has 0 saturated carbocycles.